The van der Waals surface area contributed by atoms with Crippen LogP contribution in [0.5, 0.6) is 5.75 Å². The van der Waals surface area contributed by atoms with Crippen molar-refractivity contribution >= 4 is 23.5 Å². The van der Waals surface area contributed by atoms with Crippen molar-refractivity contribution in [3.63, 3.8) is 0 Å². The molecule has 0 spiro atoms. The zero-order valence-corrected chi connectivity index (χ0v) is 11.7. The van der Waals surface area contributed by atoms with Crippen LogP contribution in [-0.4, -0.2) is 28.1 Å². The van der Waals surface area contributed by atoms with Gasteiger partial charge in [-0.25, -0.2) is 0 Å². The average Bonchev–Trinajstić information content (AvgIpc) is 2.82. The number of halogens is 1. The number of anilines is 2. The lowest BCUT2D eigenvalue weighted by Crippen LogP contribution is -2.15. The minimum atomic E-state index is 0.0131. The molecule has 1 aliphatic rings. The molecule has 104 valence electrons. The third-order valence-corrected chi connectivity index (χ3v) is 3.12. The first-order valence-electron chi connectivity index (χ1n) is 6.40. The molecule has 1 atom stereocenters. The summed E-state index contributed by atoms with van der Waals surface area (Å²) in [7, 11) is 0. The molecular weight excluding hydrogens is 278 g/mol. The van der Waals surface area contributed by atoms with E-state index in [-0.39, 0.29) is 11.3 Å². The second kappa shape index (κ2) is 5.50. The third-order valence-electron chi connectivity index (χ3n) is 2.95. The van der Waals surface area contributed by atoms with E-state index in [1.54, 1.807) is 0 Å². The molecule has 0 amide bonds. The van der Waals surface area contributed by atoms with Crippen LogP contribution in [0, 0.1) is 0 Å². The highest BCUT2D eigenvalue weighted by Crippen LogP contribution is 2.33. The van der Waals surface area contributed by atoms with Crippen molar-refractivity contribution in [2.45, 2.75) is 13.0 Å². The minimum absolute atomic E-state index is 0.0131. The molecule has 0 saturated carbocycles. The van der Waals surface area contributed by atoms with Crippen LogP contribution in [-0.2, 0) is 0 Å². The lowest BCUT2D eigenvalue weighted by atomic mass is 10.1. The Balaban J connectivity index is 1.82. The number of fused-ring (bicyclic) bond motifs is 1. The molecule has 2 heterocycles. The summed E-state index contributed by atoms with van der Waals surface area (Å²) in [5, 5.41) is 6.40. The Labute approximate surface area is 121 Å². The first-order valence-corrected chi connectivity index (χ1v) is 6.77. The summed E-state index contributed by atoms with van der Waals surface area (Å²) in [6, 6.07) is 7.91. The second-order valence-electron chi connectivity index (χ2n) is 4.33. The molecule has 0 bridgehead atoms. The van der Waals surface area contributed by atoms with Crippen molar-refractivity contribution in [1.29, 1.82) is 0 Å². The van der Waals surface area contributed by atoms with E-state index in [1.807, 2.05) is 31.2 Å². The Morgan fingerprint density at radius 2 is 2.05 bits per heavy atom. The molecule has 2 N–H and O–H groups in total. The van der Waals surface area contributed by atoms with Gasteiger partial charge in [-0.1, -0.05) is 18.2 Å². The smallest absolute Gasteiger partial charge is 0.229 e. The van der Waals surface area contributed by atoms with Crippen LogP contribution in [0.4, 0.5) is 11.9 Å². The Bertz CT molecular complexity index is 621. The van der Waals surface area contributed by atoms with Crippen LogP contribution < -0.4 is 15.4 Å². The van der Waals surface area contributed by atoms with Crippen molar-refractivity contribution in [3.05, 3.63) is 35.1 Å². The van der Waals surface area contributed by atoms with Gasteiger partial charge in [-0.15, -0.1) is 0 Å². The molecular formula is C13H14ClN5O. The van der Waals surface area contributed by atoms with Gasteiger partial charge < -0.3 is 15.4 Å². The van der Waals surface area contributed by atoms with Crippen molar-refractivity contribution in [3.8, 4) is 5.75 Å². The summed E-state index contributed by atoms with van der Waals surface area (Å²) in [6.07, 6.45) is 0. The van der Waals surface area contributed by atoms with Gasteiger partial charge in [-0.05, 0) is 24.6 Å². The van der Waals surface area contributed by atoms with Gasteiger partial charge in [-0.3, -0.25) is 0 Å². The van der Waals surface area contributed by atoms with Crippen LogP contribution in [0.15, 0.2) is 24.3 Å². The fraction of sp³-hybridized carbons (Fsp3) is 0.308. The van der Waals surface area contributed by atoms with Crippen molar-refractivity contribution in [2.75, 3.05) is 23.8 Å². The van der Waals surface area contributed by atoms with Crippen LogP contribution in [0.3, 0.4) is 0 Å². The van der Waals surface area contributed by atoms with E-state index in [0.29, 0.717) is 18.5 Å². The zero-order chi connectivity index (χ0) is 13.9. The number of nitrogens with zero attached hydrogens (tertiary/aromatic N) is 3. The first kappa shape index (κ1) is 12.9. The van der Waals surface area contributed by atoms with Crippen LogP contribution >= 0.6 is 11.6 Å². The molecule has 1 unspecified atom stereocenters. The average molecular weight is 292 g/mol. The van der Waals surface area contributed by atoms with Gasteiger partial charge in [0.25, 0.3) is 0 Å². The lowest BCUT2D eigenvalue weighted by Gasteiger charge is -2.12. The maximum Gasteiger partial charge on any atom is 0.229 e. The van der Waals surface area contributed by atoms with E-state index < -0.39 is 0 Å². The summed E-state index contributed by atoms with van der Waals surface area (Å²) >= 11 is 5.90. The highest BCUT2D eigenvalue weighted by molar-refractivity contribution is 6.28. The molecule has 3 rings (SSSR count). The summed E-state index contributed by atoms with van der Waals surface area (Å²) in [5.41, 5.74) is 1.09. The Hall–Kier alpha value is -2.08. The molecule has 20 heavy (non-hydrogen) atoms. The van der Waals surface area contributed by atoms with Crippen LogP contribution in [0.1, 0.15) is 18.5 Å². The lowest BCUT2D eigenvalue weighted by molar-refractivity contribution is 0.339. The Morgan fingerprint density at radius 3 is 2.90 bits per heavy atom. The summed E-state index contributed by atoms with van der Waals surface area (Å²) in [5.74, 6) is 1.78. The fourth-order valence-corrected chi connectivity index (χ4v) is 2.25. The first-order chi connectivity index (χ1) is 9.76. The Morgan fingerprint density at radius 1 is 1.25 bits per heavy atom. The van der Waals surface area contributed by atoms with Gasteiger partial charge in [0.05, 0.1) is 6.04 Å². The van der Waals surface area contributed by atoms with E-state index in [4.69, 9.17) is 16.3 Å². The Kier molecular flexibility index (Phi) is 3.56. The molecule has 1 aromatic carbocycles. The normalized spacial score (nSPS) is 16.4. The van der Waals surface area contributed by atoms with E-state index >= 15 is 0 Å². The SMILES string of the molecule is CCNc1nc(Cl)nc(NC2COc3ccccc32)n1. The number of rotatable bonds is 4. The number of hydrogen-bond donors (Lipinski definition) is 2. The van der Waals surface area contributed by atoms with Crippen LogP contribution in [0.2, 0.25) is 5.28 Å². The predicted molar refractivity (Wildman–Crippen MR) is 77.3 cm³/mol. The number of para-hydroxylation sites is 1. The number of aromatic nitrogens is 3. The van der Waals surface area contributed by atoms with Crippen molar-refractivity contribution < 1.29 is 4.74 Å². The van der Waals surface area contributed by atoms with E-state index in [1.165, 1.54) is 0 Å². The molecule has 7 heteroatoms. The van der Waals surface area contributed by atoms with Gasteiger partial charge in [0.2, 0.25) is 17.2 Å². The van der Waals surface area contributed by atoms with Gasteiger partial charge in [0.1, 0.15) is 12.4 Å². The third kappa shape index (κ3) is 2.60. The molecule has 1 aromatic heterocycles. The number of ether oxygens (including phenoxy) is 1. The summed E-state index contributed by atoms with van der Waals surface area (Å²) in [6.45, 7) is 3.22. The minimum Gasteiger partial charge on any atom is -0.491 e. The number of benzene rings is 1. The summed E-state index contributed by atoms with van der Waals surface area (Å²) in [4.78, 5) is 12.4. The molecule has 2 aromatic rings. The maximum absolute atomic E-state index is 5.90. The van der Waals surface area contributed by atoms with Crippen molar-refractivity contribution in [2.24, 2.45) is 0 Å². The topological polar surface area (TPSA) is 72.0 Å². The van der Waals surface area contributed by atoms with Gasteiger partial charge in [0.15, 0.2) is 0 Å². The molecule has 0 radical (unpaired) electrons. The fourth-order valence-electron chi connectivity index (χ4n) is 2.09. The van der Waals surface area contributed by atoms with Crippen LogP contribution in [0.25, 0.3) is 0 Å². The van der Waals surface area contributed by atoms with E-state index in [2.05, 4.69) is 25.6 Å². The maximum atomic E-state index is 5.90. The number of nitrogens with one attached hydrogen (secondary N) is 2. The second-order valence-corrected chi connectivity index (χ2v) is 4.67. The molecule has 0 fully saturated rings. The highest BCUT2D eigenvalue weighted by atomic mass is 35.5. The van der Waals surface area contributed by atoms with Gasteiger partial charge in [0, 0.05) is 12.1 Å². The molecule has 0 saturated heterocycles. The quantitative estimate of drug-likeness (QED) is 0.902. The van der Waals surface area contributed by atoms with Crippen molar-refractivity contribution in [1.82, 2.24) is 15.0 Å². The van der Waals surface area contributed by atoms with E-state index in [9.17, 15) is 0 Å². The molecule has 1 aliphatic heterocycles. The highest BCUT2D eigenvalue weighted by Gasteiger charge is 2.24. The largest absolute Gasteiger partial charge is 0.491 e. The zero-order valence-electron chi connectivity index (χ0n) is 10.9. The van der Waals surface area contributed by atoms with E-state index in [0.717, 1.165) is 17.9 Å². The predicted octanol–water partition coefficient (Wildman–Crippen LogP) is 2.50. The molecule has 0 aliphatic carbocycles. The molecule has 6 nitrogen and oxygen atoms in total. The van der Waals surface area contributed by atoms with Gasteiger partial charge >= 0.3 is 0 Å². The number of hydrogen-bond acceptors (Lipinski definition) is 6. The standard InChI is InChI=1S/C13H14ClN5O/c1-2-15-12-17-11(14)18-13(19-12)16-9-7-20-10-6-4-3-5-8(9)10/h3-6,9H,2,7H2,1H3,(H2,15,16,17,18,19). The van der Waals surface area contributed by atoms with Gasteiger partial charge in [-0.2, -0.15) is 15.0 Å². The monoisotopic (exact) mass is 291 g/mol. The summed E-state index contributed by atoms with van der Waals surface area (Å²) < 4.78 is 5.61.